The van der Waals surface area contributed by atoms with Crippen molar-refractivity contribution in [2.24, 2.45) is 0 Å². The van der Waals surface area contributed by atoms with E-state index < -0.39 is 20.5 Å². The fourth-order valence-corrected chi connectivity index (χ4v) is 4.71. The summed E-state index contributed by atoms with van der Waals surface area (Å²) in [7, 11) is -3.53. The topological polar surface area (TPSA) is 84.5 Å². The molecule has 0 spiro atoms. The first kappa shape index (κ1) is 19.3. The predicted molar refractivity (Wildman–Crippen MR) is 94.8 cm³/mol. The molecular weight excluding hydrogens is 375 g/mol. The number of amides is 1. The van der Waals surface area contributed by atoms with Gasteiger partial charge in [-0.25, -0.2) is 8.42 Å². The number of piperidine rings is 1. The Hall–Kier alpha value is -1.02. The molecule has 2 heterocycles. The van der Waals surface area contributed by atoms with E-state index in [1.54, 1.807) is 18.2 Å². The van der Waals surface area contributed by atoms with Gasteiger partial charge in [-0.15, -0.1) is 12.4 Å². The molecule has 0 radical (unpaired) electrons. The molecule has 0 bridgehead atoms. The molecule has 2 aliphatic heterocycles. The minimum absolute atomic E-state index is 0. The Morgan fingerprint density at radius 1 is 1.38 bits per heavy atom. The van der Waals surface area contributed by atoms with Gasteiger partial charge in [0.2, 0.25) is 5.91 Å². The molecule has 1 atom stereocenters. The maximum Gasteiger partial charge on any atom is 0.242 e. The van der Waals surface area contributed by atoms with E-state index in [9.17, 15) is 13.2 Å². The number of hydrogen-bond donors (Lipinski definition) is 2. The first-order valence-electron chi connectivity index (χ1n) is 7.47. The maximum absolute atomic E-state index is 12.8. The quantitative estimate of drug-likeness (QED) is 0.810. The largest absolute Gasteiger partial charge is 0.491 e. The Morgan fingerprint density at radius 3 is 2.67 bits per heavy atom. The van der Waals surface area contributed by atoms with Crippen LogP contribution in [0.5, 0.6) is 5.75 Å². The molecule has 134 valence electrons. The summed E-state index contributed by atoms with van der Waals surface area (Å²) in [5.74, 6) is 0.210. The molecule has 1 aromatic rings. The Kier molecular flexibility index (Phi) is 5.69. The van der Waals surface area contributed by atoms with Crippen LogP contribution >= 0.6 is 24.0 Å². The van der Waals surface area contributed by atoms with Crippen molar-refractivity contribution in [1.29, 1.82) is 0 Å². The van der Waals surface area contributed by atoms with Gasteiger partial charge in [-0.05, 0) is 44.1 Å². The van der Waals surface area contributed by atoms with Gasteiger partial charge in [0.25, 0.3) is 0 Å². The third-order valence-electron chi connectivity index (χ3n) is 4.59. The van der Waals surface area contributed by atoms with Gasteiger partial charge in [0.1, 0.15) is 12.4 Å². The van der Waals surface area contributed by atoms with Crippen LogP contribution in [-0.2, 0) is 14.6 Å². The van der Waals surface area contributed by atoms with E-state index in [2.05, 4.69) is 10.6 Å². The molecule has 2 N–H and O–H groups in total. The average Bonchev–Trinajstić information content (AvgIpc) is 2.89. The molecule has 0 saturated carbocycles. The molecule has 1 amide bonds. The molecule has 0 aromatic heterocycles. The van der Waals surface area contributed by atoms with E-state index in [0.717, 1.165) is 11.8 Å². The van der Waals surface area contributed by atoms with Crippen LogP contribution in [0.15, 0.2) is 18.2 Å². The highest BCUT2D eigenvalue weighted by molar-refractivity contribution is 7.92. The monoisotopic (exact) mass is 394 g/mol. The zero-order valence-electron chi connectivity index (χ0n) is 13.2. The highest BCUT2D eigenvalue weighted by Gasteiger charge is 2.49. The summed E-state index contributed by atoms with van der Waals surface area (Å²) in [6.45, 7) is 1.29. The predicted octanol–water partition coefficient (Wildman–Crippen LogP) is 1.48. The van der Waals surface area contributed by atoms with E-state index >= 15 is 0 Å². The summed E-state index contributed by atoms with van der Waals surface area (Å²) in [4.78, 5) is 12.8. The van der Waals surface area contributed by atoms with E-state index in [0.29, 0.717) is 23.9 Å². The summed E-state index contributed by atoms with van der Waals surface area (Å²) in [6.07, 6.45) is 1.68. The lowest BCUT2D eigenvalue weighted by atomic mass is 9.95. The number of benzene rings is 1. The molecule has 3 rings (SSSR count). The smallest absolute Gasteiger partial charge is 0.242 e. The van der Waals surface area contributed by atoms with Gasteiger partial charge < -0.3 is 15.4 Å². The van der Waals surface area contributed by atoms with Crippen LogP contribution < -0.4 is 15.4 Å². The first-order valence-corrected chi connectivity index (χ1v) is 9.74. The van der Waals surface area contributed by atoms with Crippen LogP contribution in [-0.4, -0.2) is 45.0 Å². The number of ether oxygens (including phenoxy) is 1. The number of halogens is 2. The average molecular weight is 395 g/mol. The zero-order chi connectivity index (χ0) is 16.7. The molecule has 1 unspecified atom stereocenters. The maximum atomic E-state index is 12.8. The SMILES string of the molecule is CS(=O)(=O)C1(C(=O)NC2COc3ccc(Cl)cc32)CCNCC1.Cl. The Labute approximate surface area is 152 Å². The van der Waals surface area contributed by atoms with Crippen LogP contribution in [0.1, 0.15) is 24.4 Å². The minimum atomic E-state index is -3.53. The molecule has 1 aromatic carbocycles. The van der Waals surface area contributed by atoms with Crippen LogP contribution in [0.25, 0.3) is 0 Å². The molecule has 9 heteroatoms. The number of nitrogens with one attached hydrogen (secondary N) is 2. The van der Waals surface area contributed by atoms with Crippen LogP contribution in [0, 0.1) is 0 Å². The Morgan fingerprint density at radius 2 is 2.04 bits per heavy atom. The van der Waals surface area contributed by atoms with E-state index in [1.165, 1.54) is 0 Å². The van der Waals surface area contributed by atoms with Crippen molar-refractivity contribution in [3.8, 4) is 5.75 Å². The first-order chi connectivity index (χ1) is 10.8. The third kappa shape index (κ3) is 3.35. The van der Waals surface area contributed by atoms with Crippen LogP contribution in [0.2, 0.25) is 5.02 Å². The van der Waals surface area contributed by atoms with Crippen molar-refractivity contribution in [2.75, 3.05) is 26.0 Å². The second kappa shape index (κ2) is 7.07. The van der Waals surface area contributed by atoms with Gasteiger partial charge in [-0.1, -0.05) is 11.6 Å². The summed E-state index contributed by atoms with van der Waals surface area (Å²) in [5, 5.41) is 6.50. The molecule has 1 saturated heterocycles. The van der Waals surface area contributed by atoms with Gasteiger partial charge in [-0.2, -0.15) is 0 Å². The highest BCUT2D eigenvalue weighted by atomic mass is 35.5. The van der Waals surface area contributed by atoms with Crippen molar-refractivity contribution in [3.05, 3.63) is 28.8 Å². The lowest BCUT2D eigenvalue weighted by Crippen LogP contribution is -2.57. The van der Waals surface area contributed by atoms with Gasteiger partial charge in [0, 0.05) is 16.8 Å². The number of rotatable bonds is 3. The third-order valence-corrected chi connectivity index (χ3v) is 6.84. The fraction of sp³-hybridized carbons (Fsp3) is 0.533. The van der Waals surface area contributed by atoms with Crippen LogP contribution in [0.3, 0.4) is 0 Å². The van der Waals surface area contributed by atoms with Gasteiger partial charge in [0.15, 0.2) is 14.6 Å². The Balaban J connectivity index is 0.00000208. The van der Waals surface area contributed by atoms with Crippen molar-refractivity contribution >= 4 is 39.8 Å². The normalized spacial score (nSPS) is 22.0. The Bertz CT molecular complexity index is 733. The van der Waals surface area contributed by atoms with E-state index in [1.807, 2.05) is 0 Å². The molecule has 1 fully saturated rings. The standard InChI is InChI=1S/C15H19ClN2O4S.ClH/c1-23(20,21)15(4-6-17-7-5-15)14(19)18-12-9-22-13-3-2-10(16)8-11(12)13;/h2-3,8,12,17H,4-7,9H2,1H3,(H,18,19);1H. The zero-order valence-corrected chi connectivity index (χ0v) is 15.6. The van der Waals surface area contributed by atoms with Gasteiger partial charge in [-0.3, -0.25) is 4.79 Å². The molecule has 2 aliphatic rings. The summed E-state index contributed by atoms with van der Waals surface area (Å²) in [5.41, 5.74) is 0.781. The lowest BCUT2D eigenvalue weighted by molar-refractivity contribution is -0.125. The second-order valence-electron chi connectivity index (χ2n) is 6.04. The van der Waals surface area contributed by atoms with Crippen molar-refractivity contribution in [3.63, 3.8) is 0 Å². The van der Waals surface area contributed by atoms with Crippen molar-refractivity contribution in [1.82, 2.24) is 10.6 Å². The summed E-state index contributed by atoms with van der Waals surface area (Å²) >= 11 is 6.00. The fourth-order valence-electron chi connectivity index (χ4n) is 3.19. The number of sulfone groups is 1. The van der Waals surface area contributed by atoms with E-state index in [4.69, 9.17) is 16.3 Å². The number of carbonyl (C=O) groups is 1. The number of carbonyl (C=O) groups excluding carboxylic acids is 1. The minimum Gasteiger partial charge on any atom is -0.491 e. The van der Waals surface area contributed by atoms with Gasteiger partial charge >= 0.3 is 0 Å². The second-order valence-corrected chi connectivity index (χ2v) is 8.80. The van der Waals surface area contributed by atoms with Crippen molar-refractivity contribution in [2.45, 2.75) is 23.6 Å². The molecule has 6 nitrogen and oxygen atoms in total. The molecule has 0 aliphatic carbocycles. The number of hydrogen-bond acceptors (Lipinski definition) is 5. The summed E-state index contributed by atoms with van der Waals surface area (Å²) in [6, 6.07) is 4.82. The van der Waals surface area contributed by atoms with Gasteiger partial charge in [0.05, 0.1) is 6.04 Å². The van der Waals surface area contributed by atoms with Crippen molar-refractivity contribution < 1.29 is 17.9 Å². The number of fused-ring (bicyclic) bond motifs is 1. The molecule has 24 heavy (non-hydrogen) atoms. The summed E-state index contributed by atoms with van der Waals surface area (Å²) < 4.78 is 28.7. The molecular formula is C15H20Cl2N2O4S. The van der Waals surface area contributed by atoms with E-state index in [-0.39, 0.29) is 37.9 Å². The van der Waals surface area contributed by atoms with Crippen LogP contribution in [0.4, 0.5) is 0 Å². The lowest BCUT2D eigenvalue weighted by Gasteiger charge is -2.35. The highest BCUT2D eigenvalue weighted by Crippen LogP contribution is 2.36.